The number of thiophene rings is 1. The fraction of sp³-hybridized carbons (Fsp3) is 0.325. The molecule has 0 spiro atoms. The first kappa shape index (κ1) is 31.4. The van der Waals surface area contributed by atoms with Crippen LogP contribution in [-0.4, -0.2) is 62.0 Å². The number of carbonyl (C=O) groups is 1. The summed E-state index contributed by atoms with van der Waals surface area (Å²) in [5.74, 6) is 1.67. The third-order valence-corrected chi connectivity index (χ3v) is 10.6. The van der Waals surface area contributed by atoms with Crippen molar-refractivity contribution in [2.24, 2.45) is 0 Å². The van der Waals surface area contributed by atoms with Crippen molar-refractivity contribution in [1.29, 1.82) is 0 Å². The number of anilines is 1. The van der Waals surface area contributed by atoms with Crippen molar-refractivity contribution in [2.75, 3.05) is 51.7 Å². The number of hydrogen-bond donors (Lipinski definition) is 1. The van der Waals surface area contributed by atoms with E-state index in [1.165, 1.54) is 44.3 Å². The van der Waals surface area contributed by atoms with Gasteiger partial charge in [-0.25, -0.2) is 0 Å². The number of hydrogen-bond acceptors (Lipinski definition) is 7. The van der Waals surface area contributed by atoms with Crippen LogP contribution in [0.1, 0.15) is 52.7 Å². The topological polar surface area (TPSA) is 54.0 Å². The van der Waals surface area contributed by atoms with Crippen LogP contribution in [0.3, 0.4) is 0 Å². The van der Waals surface area contributed by atoms with Crippen LogP contribution in [0.4, 0.5) is 5.69 Å². The number of ketones is 1. The lowest BCUT2D eigenvalue weighted by Crippen LogP contribution is -2.25. The molecule has 5 aromatic rings. The molecule has 7 rings (SSSR count). The second kappa shape index (κ2) is 14.7. The number of likely N-dealkylation sites (tertiary alicyclic amines) is 2. The minimum atomic E-state index is 0.0272. The minimum Gasteiger partial charge on any atom is -0.492 e. The van der Waals surface area contributed by atoms with Crippen molar-refractivity contribution >= 4 is 32.9 Å². The van der Waals surface area contributed by atoms with Crippen molar-refractivity contribution < 1.29 is 14.3 Å². The molecule has 3 heterocycles. The number of fused-ring (bicyclic) bond motifs is 1. The van der Waals surface area contributed by atoms with Gasteiger partial charge in [0.05, 0.1) is 0 Å². The normalized spacial score (nSPS) is 15.3. The maximum atomic E-state index is 14.5. The quantitative estimate of drug-likeness (QED) is 0.130. The summed E-state index contributed by atoms with van der Waals surface area (Å²) < 4.78 is 13.3. The zero-order chi connectivity index (χ0) is 32.0. The standard InChI is InChI=1S/C40H43N3O3S/c1-41-36-25-31(11-12-32(36)27-43-21-7-8-22-43)39(44)38-35-18-17-34(46-28-29-9-3-2-4-10-29)26-37(35)47-40(38)30-13-15-33(16-14-30)45-24-23-42-19-5-6-20-42/h2-4,9-18,25-26,41H,5-8,19-24,27-28H2,1H3. The smallest absolute Gasteiger partial charge is 0.195 e. The summed E-state index contributed by atoms with van der Waals surface area (Å²) in [5, 5.41) is 4.30. The molecule has 2 aliphatic heterocycles. The Kier molecular flexibility index (Phi) is 9.84. The van der Waals surface area contributed by atoms with E-state index >= 15 is 0 Å². The molecule has 7 heteroatoms. The Bertz CT molecular complexity index is 1810. The van der Waals surface area contributed by atoms with Gasteiger partial charge < -0.3 is 14.8 Å². The van der Waals surface area contributed by atoms with Crippen LogP contribution in [-0.2, 0) is 13.2 Å². The van der Waals surface area contributed by atoms with E-state index in [-0.39, 0.29) is 5.78 Å². The molecule has 0 aliphatic carbocycles. The van der Waals surface area contributed by atoms with Gasteiger partial charge in [-0.3, -0.25) is 14.6 Å². The predicted octanol–water partition coefficient (Wildman–Crippen LogP) is 8.49. The second-order valence-electron chi connectivity index (χ2n) is 12.6. The lowest BCUT2D eigenvalue weighted by Gasteiger charge is -2.18. The van der Waals surface area contributed by atoms with E-state index in [1.807, 2.05) is 61.6 Å². The Labute approximate surface area is 281 Å². The molecule has 2 saturated heterocycles. The van der Waals surface area contributed by atoms with E-state index in [9.17, 15) is 4.79 Å². The molecule has 6 nitrogen and oxygen atoms in total. The van der Waals surface area contributed by atoms with Gasteiger partial charge >= 0.3 is 0 Å². The van der Waals surface area contributed by atoms with Crippen molar-refractivity contribution in [3.63, 3.8) is 0 Å². The summed E-state index contributed by atoms with van der Waals surface area (Å²) >= 11 is 1.64. The Morgan fingerprint density at radius 1 is 0.787 bits per heavy atom. The van der Waals surface area contributed by atoms with E-state index in [0.717, 1.165) is 75.0 Å². The van der Waals surface area contributed by atoms with E-state index in [0.29, 0.717) is 18.8 Å². The SMILES string of the molecule is CNc1cc(C(=O)c2c(-c3ccc(OCCN4CCCC4)cc3)sc3cc(OCc4ccccc4)ccc23)ccc1CN1CCCC1. The third kappa shape index (κ3) is 7.38. The zero-order valence-electron chi connectivity index (χ0n) is 27.2. The van der Waals surface area contributed by atoms with Crippen LogP contribution in [0.5, 0.6) is 11.5 Å². The van der Waals surface area contributed by atoms with Gasteiger partial charge in [0, 0.05) is 51.9 Å². The molecule has 0 unspecified atom stereocenters. The summed E-state index contributed by atoms with van der Waals surface area (Å²) in [7, 11) is 1.94. The van der Waals surface area contributed by atoms with Gasteiger partial charge in [0.2, 0.25) is 0 Å². The highest BCUT2D eigenvalue weighted by Crippen LogP contribution is 2.42. The van der Waals surface area contributed by atoms with Crippen LogP contribution >= 0.6 is 11.3 Å². The van der Waals surface area contributed by atoms with Gasteiger partial charge in [0.15, 0.2) is 5.78 Å². The average Bonchev–Trinajstić information content (AvgIpc) is 3.90. The fourth-order valence-electron chi connectivity index (χ4n) is 6.75. The molecule has 47 heavy (non-hydrogen) atoms. The molecule has 0 atom stereocenters. The number of benzene rings is 4. The first-order chi connectivity index (χ1) is 23.1. The molecule has 2 aliphatic rings. The van der Waals surface area contributed by atoms with Gasteiger partial charge in [-0.2, -0.15) is 0 Å². The molecule has 0 radical (unpaired) electrons. The van der Waals surface area contributed by atoms with E-state index in [2.05, 4.69) is 51.5 Å². The maximum absolute atomic E-state index is 14.5. The lowest BCUT2D eigenvalue weighted by atomic mass is 9.96. The van der Waals surface area contributed by atoms with Crippen molar-refractivity contribution in [3.05, 3.63) is 113 Å². The molecule has 1 N–H and O–H groups in total. The number of ether oxygens (including phenoxy) is 2. The minimum absolute atomic E-state index is 0.0272. The summed E-state index contributed by atoms with van der Waals surface area (Å²) in [5.41, 5.74) is 5.78. The zero-order valence-corrected chi connectivity index (χ0v) is 28.0. The van der Waals surface area contributed by atoms with E-state index in [1.54, 1.807) is 11.3 Å². The van der Waals surface area contributed by atoms with Crippen LogP contribution in [0, 0.1) is 0 Å². The first-order valence-corrected chi connectivity index (χ1v) is 17.7. The Morgan fingerprint density at radius 3 is 2.26 bits per heavy atom. The lowest BCUT2D eigenvalue weighted by molar-refractivity contribution is 0.104. The van der Waals surface area contributed by atoms with Crippen LogP contribution in [0.15, 0.2) is 91.0 Å². The van der Waals surface area contributed by atoms with Gasteiger partial charge in [-0.1, -0.05) is 42.5 Å². The van der Waals surface area contributed by atoms with Gasteiger partial charge in [0.1, 0.15) is 24.7 Å². The summed E-state index contributed by atoms with van der Waals surface area (Å²) in [6.07, 6.45) is 5.07. The molecule has 0 amide bonds. The molecule has 2 fully saturated rings. The molecule has 1 aromatic heterocycles. The molecule has 0 bridgehead atoms. The van der Waals surface area contributed by atoms with E-state index < -0.39 is 0 Å². The maximum Gasteiger partial charge on any atom is 0.195 e. The van der Waals surface area contributed by atoms with Crippen LogP contribution in [0.2, 0.25) is 0 Å². The number of nitrogens with zero attached hydrogens (tertiary/aromatic N) is 2. The highest BCUT2D eigenvalue weighted by molar-refractivity contribution is 7.22. The van der Waals surface area contributed by atoms with Gasteiger partial charge in [-0.05, 0) is 117 Å². The third-order valence-electron chi connectivity index (χ3n) is 9.36. The number of rotatable bonds is 13. The first-order valence-electron chi connectivity index (χ1n) is 16.9. The second-order valence-corrected chi connectivity index (χ2v) is 13.6. The summed E-state index contributed by atoms with van der Waals surface area (Å²) in [6.45, 7) is 7.63. The van der Waals surface area contributed by atoms with Crippen molar-refractivity contribution in [3.8, 4) is 21.9 Å². The molecular formula is C40H43N3O3S. The Balaban J connectivity index is 1.19. The fourth-order valence-corrected chi connectivity index (χ4v) is 7.99. The van der Waals surface area contributed by atoms with E-state index in [4.69, 9.17) is 9.47 Å². The van der Waals surface area contributed by atoms with Crippen molar-refractivity contribution in [1.82, 2.24) is 9.80 Å². The largest absolute Gasteiger partial charge is 0.492 e. The van der Waals surface area contributed by atoms with Gasteiger partial charge in [-0.15, -0.1) is 11.3 Å². The number of carbonyl (C=O) groups excluding carboxylic acids is 1. The average molecular weight is 646 g/mol. The molecule has 242 valence electrons. The predicted molar refractivity (Wildman–Crippen MR) is 193 cm³/mol. The van der Waals surface area contributed by atoms with Gasteiger partial charge in [0.25, 0.3) is 0 Å². The monoisotopic (exact) mass is 645 g/mol. The van der Waals surface area contributed by atoms with Crippen LogP contribution in [0.25, 0.3) is 20.5 Å². The highest BCUT2D eigenvalue weighted by atomic mass is 32.1. The Morgan fingerprint density at radius 2 is 1.51 bits per heavy atom. The van der Waals surface area contributed by atoms with Crippen molar-refractivity contribution in [2.45, 2.75) is 38.8 Å². The molecular weight excluding hydrogens is 603 g/mol. The number of nitrogens with one attached hydrogen (secondary N) is 1. The van der Waals surface area contributed by atoms with Crippen LogP contribution < -0.4 is 14.8 Å². The molecule has 0 saturated carbocycles. The Hall–Kier alpha value is -4.17. The molecule has 4 aromatic carbocycles. The summed E-state index contributed by atoms with van der Waals surface area (Å²) in [6, 6.07) is 30.6. The highest BCUT2D eigenvalue weighted by Gasteiger charge is 2.23. The summed E-state index contributed by atoms with van der Waals surface area (Å²) in [4.78, 5) is 20.4.